The molecule has 1 aliphatic rings. The summed E-state index contributed by atoms with van der Waals surface area (Å²) in [7, 11) is -2.67. The summed E-state index contributed by atoms with van der Waals surface area (Å²) in [6.45, 7) is 3.62. The lowest BCUT2D eigenvalue weighted by Gasteiger charge is -2.13. The molecule has 3 aromatic rings. The summed E-state index contributed by atoms with van der Waals surface area (Å²) in [4.78, 5) is 12.4. The smallest absolute Gasteiger partial charge is 0.339 e. The Balaban J connectivity index is 1.47. The zero-order valence-corrected chi connectivity index (χ0v) is 19.5. The van der Waals surface area contributed by atoms with Crippen LogP contribution in [-0.2, 0) is 10.1 Å². The number of carbonyl (C=O) groups is 1. The zero-order valence-electron chi connectivity index (χ0n) is 18.7. The van der Waals surface area contributed by atoms with Crippen LogP contribution in [0.15, 0.2) is 64.6 Å². The highest BCUT2D eigenvalue weighted by Gasteiger charge is 2.22. The lowest BCUT2D eigenvalue weighted by atomic mass is 10.2. The Morgan fingerprint density at radius 2 is 1.79 bits per heavy atom. The van der Waals surface area contributed by atoms with Crippen LogP contribution in [0.5, 0.6) is 23.0 Å². The first-order valence-electron chi connectivity index (χ1n) is 10.2. The number of amides is 1. The van der Waals surface area contributed by atoms with Crippen molar-refractivity contribution in [1.82, 2.24) is 5.43 Å². The normalized spacial score (nSPS) is 12.6. The van der Waals surface area contributed by atoms with E-state index in [9.17, 15) is 13.2 Å². The van der Waals surface area contributed by atoms with E-state index >= 15 is 0 Å². The Kier molecular flexibility index (Phi) is 6.42. The number of hydrogen-bond acceptors (Lipinski definition) is 8. The van der Waals surface area contributed by atoms with Crippen molar-refractivity contribution in [3.63, 3.8) is 0 Å². The molecule has 0 bridgehead atoms. The van der Waals surface area contributed by atoms with Crippen LogP contribution in [0.1, 0.15) is 27.0 Å². The predicted molar refractivity (Wildman–Crippen MR) is 124 cm³/mol. The molecule has 1 amide bonds. The number of benzene rings is 3. The Hall–Kier alpha value is -4.05. The first-order chi connectivity index (χ1) is 16.3. The first-order valence-corrected chi connectivity index (χ1v) is 11.6. The molecule has 0 spiro atoms. The summed E-state index contributed by atoms with van der Waals surface area (Å²) in [6, 6.07) is 14.5. The average Bonchev–Trinajstić information content (AvgIpc) is 3.29. The SMILES string of the molecule is COc1cc(/C=N/NC(=O)c2ccc3c(c2)OCO3)ccc1OS(=O)(=O)c1cc(C)ccc1C. The van der Waals surface area contributed by atoms with E-state index in [-0.39, 0.29) is 23.2 Å². The van der Waals surface area contributed by atoms with Crippen LogP contribution >= 0.6 is 0 Å². The lowest BCUT2D eigenvalue weighted by Crippen LogP contribution is -2.17. The molecule has 0 atom stereocenters. The van der Waals surface area contributed by atoms with Gasteiger partial charge in [-0.25, -0.2) is 5.43 Å². The summed E-state index contributed by atoms with van der Waals surface area (Å²) < 4.78 is 46.8. The molecule has 9 nitrogen and oxygen atoms in total. The summed E-state index contributed by atoms with van der Waals surface area (Å²) >= 11 is 0. The summed E-state index contributed by atoms with van der Waals surface area (Å²) in [5, 5.41) is 3.95. The fourth-order valence-corrected chi connectivity index (χ4v) is 4.50. The minimum absolute atomic E-state index is 0.0324. The molecule has 3 aromatic carbocycles. The van der Waals surface area contributed by atoms with Gasteiger partial charge in [0.25, 0.3) is 5.91 Å². The number of aryl methyl sites for hydroxylation is 2. The van der Waals surface area contributed by atoms with Crippen LogP contribution in [0.3, 0.4) is 0 Å². The third-order valence-corrected chi connectivity index (χ3v) is 6.39. The van der Waals surface area contributed by atoms with E-state index in [4.69, 9.17) is 18.4 Å². The topological polar surface area (TPSA) is 113 Å². The highest BCUT2D eigenvalue weighted by atomic mass is 32.2. The van der Waals surface area contributed by atoms with Crippen molar-refractivity contribution in [1.29, 1.82) is 0 Å². The van der Waals surface area contributed by atoms with Crippen LogP contribution in [0.25, 0.3) is 0 Å². The lowest BCUT2D eigenvalue weighted by molar-refractivity contribution is 0.0954. The second-order valence-corrected chi connectivity index (χ2v) is 9.00. The number of hydrogen-bond donors (Lipinski definition) is 1. The van der Waals surface area contributed by atoms with E-state index < -0.39 is 16.0 Å². The molecular formula is C24H22N2O7S. The summed E-state index contributed by atoms with van der Waals surface area (Å²) in [5.74, 6) is 0.868. The van der Waals surface area contributed by atoms with E-state index in [2.05, 4.69) is 10.5 Å². The summed E-state index contributed by atoms with van der Waals surface area (Å²) in [5.41, 5.74) is 4.72. The van der Waals surface area contributed by atoms with Gasteiger partial charge in [-0.2, -0.15) is 13.5 Å². The van der Waals surface area contributed by atoms with Crippen molar-refractivity contribution < 1.29 is 31.6 Å². The molecule has 0 saturated heterocycles. The van der Waals surface area contributed by atoms with Crippen LogP contribution < -0.4 is 23.8 Å². The van der Waals surface area contributed by atoms with Crippen molar-refractivity contribution in [2.75, 3.05) is 13.9 Å². The minimum Gasteiger partial charge on any atom is -0.493 e. The van der Waals surface area contributed by atoms with Gasteiger partial charge in [0, 0.05) is 5.56 Å². The van der Waals surface area contributed by atoms with Crippen molar-refractivity contribution in [2.45, 2.75) is 18.7 Å². The highest BCUT2D eigenvalue weighted by Crippen LogP contribution is 2.33. The van der Waals surface area contributed by atoms with Gasteiger partial charge in [0.15, 0.2) is 23.0 Å². The quantitative estimate of drug-likeness (QED) is 0.311. The molecule has 1 aliphatic heterocycles. The van der Waals surface area contributed by atoms with Crippen molar-refractivity contribution in [3.8, 4) is 23.0 Å². The van der Waals surface area contributed by atoms with Gasteiger partial charge in [-0.1, -0.05) is 12.1 Å². The number of ether oxygens (including phenoxy) is 3. The number of methoxy groups -OCH3 is 1. The molecule has 0 radical (unpaired) electrons. The Labute approximate surface area is 197 Å². The Morgan fingerprint density at radius 3 is 2.59 bits per heavy atom. The van der Waals surface area contributed by atoms with Gasteiger partial charge >= 0.3 is 10.1 Å². The Morgan fingerprint density at radius 1 is 1.00 bits per heavy atom. The maximum absolute atomic E-state index is 12.8. The molecule has 0 aromatic heterocycles. The zero-order chi connectivity index (χ0) is 24.3. The third-order valence-electron chi connectivity index (χ3n) is 5.01. The molecular weight excluding hydrogens is 460 g/mol. The molecule has 176 valence electrons. The maximum atomic E-state index is 12.8. The van der Waals surface area contributed by atoms with E-state index in [1.807, 2.05) is 6.07 Å². The molecule has 10 heteroatoms. The van der Waals surface area contributed by atoms with Gasteiger partial charge in [0.05, 0.1) is 13.3 Å². The number of hydrazone groups is 1. The van der Waals surface area contributed by atoms with E-state index in [1.165, 1.54) is 19.4 Å². The van der Waals surface area contributed by atoms with Crippen molar-refractivity contribution in [2.24, 2.45) is 5.10 Å². The second-order valence-electron chi connectivity index (χ2n) is 7.48. The average molecular weight is 483 g/mol. The van der Waals surface area contributed by atoms with Crippen LogP contribution in [-0.4, -0.2) is 34.4 Å². The van der Waals surface area contributed by atoms with E-state index in [1.54, 1.807) is 56.3 Å². The van der Waals surface area contributed by atoms with Crippen LogP contribution in [0, 0.1) is 13.8 Å². The highest BCUT2D eigenvalue weighted by molar-refractivity contribution is 7.87. The number of nitrogens with one attached hydrogen (secondary N) is 1. The van der Waals surface area contributed by atoms with Gasteiger partial charge < -0.3 is 18.4 Å². The minimum atomic E-state index is -4.06. The fourth-order valence-electron chi connectivity index (χ4n) is 3.24. The summed E-state index contributed by atoms with van der Waals surface area (Å²) in [6.07, 6.45) is 1.40. The monoisotopic (exact) mass is 482 g/mol. The fraction of sp³-hybridized carbons (Fsp3) is 0.167. The number of rotatable bonds is 7. The van der Waals surface area contributed by atoms with Gasteiger partial charge in [-0.05, 0) is 73.0 Å². The molecule has 0 fully saturated rings. The molecule has 0 aliphatic carbocycles. The maximum Gasteiger partial charge on any atom is 0.339 e. The van der Waals surface area contributed by atoms with Crippen LogP contribution in [0.2, 0.25) is 0 Å². The Bertz CT molecular complexity index is 1380. The van der Waals surface area contributed by atoms with Crippen molar-refractivity contribution >= 4 is 22.2 Å². The largest absolute Gasteiger partial charge is 0.493 e. The number of nitrogens with zero attached hydrogens (tertiary/aromatic N) is 1. The van der Waals surface area contributed by atoms with E-state index in [0.717, 1.165) is 5.56 Å². The third kappa shape index (κ3) is 4.96. The molecule has 0 saturated carbocycles. The van der Waals surface area contributed by atoms with Gasteiger partial charge in [-0.15, -0.1) is 0 Å². The standard InChI is InChI=1S/C24H22N2O7S/c1-15-4-5-16(2)23(10-15)34(28,29)33-20-8-6-17(11-21(20)30-3)13-25-26-24(27)18-7-9-19-22(12-18)32-14-31-19/h4-13H,14H2,1-3H3,(H,26,27)/b25-13+. The molecule has 0 unspecified atom stereocenters. The van der Waals surface area contributed by atoms with Gasteiger partial charge in [0.2, 0.25) is 6.79 Å². The molecule has 4 rings (SSSR count). The van der Waals surface area contributed by atoms with Crippen LogP contribution in [0.4, 0.5) is 0 Å². The molecule has 1 N–H and O–H groups in total. The second kappa shape index (κ2) is 9.44. The first kappa shape index (κ1) is 23.1. The predicted octanol–water partition coefficient (Wildman–Crippen LogP) is 3.57. The van der Waals surface area contributed by atoms with Crippen molar-refractivity contribution in [3.05, 3.63) is 76.9 Å². The number of fused-ring (bicyclic) bond motifs is 1. The molecule has 1 heterocycles. The van der Waals surface area contributed by atoms with Gasteiger partial charge in [0.1, 0.15) is 4.90 Å². The number of carbonyl (C=O) groups excluding carboxylic acids is 1. The molecule has 34 heavy (non-hydrogen) atoms. The van der Waals surface area contributed by atoms with E-state index in [0.29, 0.717) is 28.2 Å². The van der Waals surface area contributed by atoms with Gasteiger partial charge in [-0.3, -0.25) is 4.79 Å².